The third-order valence-electron chi connectivity index (χ3n) is 2.29. The van der Waals surface area contributed by atoms with E-state index in [0.29, 0.717) is 12.0 Å². The van der Waals surface area contributed by atoms with Crippen LogP contribution in [0.4, 0.5) is 0 Å². The van der Waals surface area contributed by atoms with Crippen LogP contribution in [0.2, 0.25) is 0 Å². The van der Waals surface area contributed by atoms with E-state index in [1.165, 1.54) is 6.26 Å². The molecule has 0 amide bonds. The highest BCUT2D eigenvalue weighted by molar-refractivity contribution is 5.96. The lowest BCUT2D eigenvalue weighted by molar-refractivity contribution is 0.0989. The van der Waals surface area contributed by atoms with Crippen LogP contribution in [-0.2, 0) is 13.5 Å². The van der Waals surface area contributed by atoms with Gasteiger partial charge in [-0.05, 0) is 13.0 Å². The highest BCUT2D eigenvalue weighted by Crippen LogP contribution is 2.09. The summed E-state index contributed by atoms with van der Waals surface area (Å²) in [6.07, 6.45) is 5.30. The van der Waals surface area contributed by atoms with Gasteiger partial charge in [0.1, 0.15) is 17.8 Å². The molecule has 2 aromatic heterocycles. The molecule has 0 saturated heterocycles. The Labute approximate surface area is 87.5 Å². The summed E-state index contributed by atoms with van der Waals surface area (Å²) in [5, 5.41) is 0. The number of hydrogen-bond donors (Lipinski definition) is 0. The lowest BCUT2D eigenvalue weighted by Gasteiger charge is -1.98. The van der Waals surface area contributed by atoms with Crippen molar-refractivity contribution in [1.29, 1.82) is 0 Å². The summed E-state index contributed by atoms with van der Waals surface area (Å²) in [5.74, 6) is 1.54. The standard InChI is InChI=1S/C11H12N2O2/c1-8-5-9(7-15-8)10(14)6-11-12-3-4-13(11)2/h3-5,7H,6H2,1-2H3. The molecule has 0 aromatic carbocycles. The first-order valence-electron chi connectivity index (χ1n) is 4.71. The summed E-state index contributed by atoms with van der Waals surface area (Å²) in [7, 11) is 1.87. The maximum absolute atomic E-state index is 11.8. The van der Waals surface area contributed by atoms with Crippen LogP contribution in [0.3, 0.4) is 0 Å². The summed E-state index contributed by atoms with van der Waals surface area (Å²) < 4.78 is 6.93. The molecule has 0 aliphatic heterocycles. The van der Waals surface area contributed by atoms with Crippen LogP contribution >= 0.6 is 0 Å². The van der Waals surface area contributed by atoms with Crippen molar-refractivity contribution < 1.29 is 9.21 Å². The van der Waals surface area contributed by atoms with Gasteiger partial charge in [-0.2, -0.15) is 0 Å². The minimum atomic E-state index is 0.0288. The Hall–Kier alpha value is -1.84. The number of hydrogen-bond acceptors (Lipinski definition) is 3. The summed E-state index contributed by atoms with van der Waals surface area (Å²) >= 11 is 0. The first-order chi connectivity index (χ1) is 7.16. The summed E-state index contributed by atoms with van der Waals surface area (Å²) in [6.45, 7) is 1.82. The second-order valence-corrected chi connectivity index (χ2v) is 3.50. The second kappa shape index (κ2) is 3.73. The van der Waals surface area contributed by atoms with Gasteiger partial charge in [-0.1, -0.05) is 0 Å². The zero-order valence-electron chi connectivity index (χ0n) is 8.73. The van der Waals surface area contributed by atoms with E-state index < -0.39 is 0 Å². The van der Waals surface area contributed by atoms with E-state index in [2.05, 4.69) is 4.98 Å². The third kappa shape index (κ3) is 1.98. The van der Waals surface area contributed by atoms with Crippen LogP contribution in [-0.4, -0.2) is 15.3 Å². The van der Waals surface area contributed by atoms with Crippen molar-refractivity contribution in [2.24, 2.45) is 7.05 Å². The van der Waals surface area contributed by atoms with E-state index in [-0.39, 0.29) is 5.78 Å². The van der Waals surface area contributed by atoms with Gasteiger partial charge in [-0.3, -0.25) is 4.79 Å². The maximum Gasteiger partial charge on any atom is 0.173 e. The predicted molar refractivity (Wildman–Crippen MR) is 54.7 cm³/mol. The Morgan fingerprint density at radius 3 is 2.93 bits per heavy atom. The SMILES string of the molecule is Cc1cc(C(=O)Cc2nccn2C)co1. The largest absolute Gasteiger partial charge is 0.469 e. The second-order valence-electron chi connectivity index (χ2n) is 3.50. The Morgan fingerprint density at radius 2 is 2.40 bits per heavy atom. The van der Waals surface area contributed by atoms with Crippen LogP contribution in [0, 0.1) is 6.92 Å². The van der Waals surface area contributed by atoms with Crippen molar-refractivity contribution in [2.75, 3.05) is 0 Å². The van der Waals surface area contributed by atoms with Gasteiger partial charge in [0.05, 0.1) is 12.0 Å². The van der Waals surface area contributed by atoms with Crippen LogP contribution in [0.15, 0.2) is 29.1 Å². The molecule has 0 fully saturated rings. The molecule has 0 radical (unpaired) electrons. The van der Waals surface area contributed by atoms with E-state index in [0.717, 1.165) is 11.6 Å². The van der Waals surface area contributed by atoms with Gasteiger partial charge < -0.3 is 8.98 Å². The van der Waals surface area contributed by atoms with E-state index in [1.54, 1.807) is 12.3 Å². The van der Waals surface area contributed by atoms with Gasteiger partial charge in [0.15, 0.2) is 5.78 Å². The van der Waals surface area contributed by atoms with Gasteiger partial charge in [0, 0.05) is 19.4 Å². The predicted octanol–water partition coefficient (Wildman–Crippen LogP) is 1.75. The zero-order chi connectivity index (χ0) is 10.8. The molecule has 0 spiro atoms. The van der Waals surface area contributed by atoms with Crippen LogP contribution in [0.5, 0.6) is 0 Å². The third-order valence-corrected chi connectivity index (χ3v) is 2.29. The normalized spacial score (nSPS) is 10.5. The zero-order valence-corrected chi connectivity index (χ0v) is 8.73. The maximum atomic E-state index is 11.8. The molecule has 0 bridgehead atoms. The molecule has 0 unspecified atom stereocenters. The number of aryl methyl sites for hydroxylation is 2. The molecule has 2 heterocycles. The van der Waals surface area contributed by atoms with Crippen molar-refractivity contribution in [2.45, 2.75) is 13.3 Å². The van der Waals surface area contributed by atoms with Crippen molar-refractivity contribution in [1.82, 2.24) is 9.55 Å². The Kier molecular flexibility index (Phi) is 2.41. The summed E-state index contributed by atoms with van der Waals surface area (Å²) in [6, 6.07) is 1.74. The smallest absolute Gasteiger partial charge is 0.173 e. The molecule has 0 aliphatic rings. The highest BCUT2D eigenvalue weighted by atomic mass is 16.3. The average molecular weight is 204 g/mol. The molecular formula is C11H12N2O2. The van der Waals surface area contributed by atoms with E-state index in [9.17, 15) is 4.79 Å². The minimum absolute atomic E-state index is 0.0288. The Balaban J connectivity index is 2.14. The van der Waals surface area contributed by atoms with Gasteiger partial charge in [0.2, 0.25) is 0 Å². The molecule has 78 valence electrons. The van der Waals surface area contributed by atoms with Gasteiger partial charge in [-0.25, -0.2) is 4.98 Å². The monoisotopic (exact) mass is 204 g/mol. The molecule has 2 aromatic rings. The lowest BCUT2D eigenvalue weighted by Crippen LogP contribution is -2.07. The number of furan rings is 1. The number of nitrogens with zero attached hydrogens (tertiary/aromatic N) is 2. The first kappa shape index (κ1) is 9.71. The van der Waals surface area contributed by atoms with E-state index in [1.807, 2.05) is 24.7 Å². The molecule has 4 nitrogen and oxygen atoms in total. The quantitative estimate of drug-likeness (QED) is 0.715. The Morgan fingerprint density at radius 1 is 1.60 bits per heavy atom. The molecule has 0 saturated carbocycles. The van der Waals surface area contributed by atoms with Crippen LogP contribution in [0.25, 0.3) is 0 Å². The molecule has 0 atom stereocenters. The number of carbonyl (C=O) groups is 1. The molecule has 0 N–H and O–H groups in total. The number of Topliss-reactive ketones (excluding diaryl/α,β-unsaturated/α-hetero) is 1. The first-order valence-corrected chi connectivity index (χ1v) is 4.71. The highest BCUT2D eigenvalue weighted by Gasteiger charge is 2.11. The van der Waals surface area contributed by atoms with Crippen LogP contribution < -0.4 is 0 Å². The van der Waals surface area contributed by atoms with Crippen LogP contribution in [0.1, 0.15) is 21.9 Å². The number of imidazole rings is 1. The van der Waals surface area contributed by atoms with E-state index >= 15 is 0 Å². The fraction of sp³-hybridized carbons (Fsp3) is 0.273. The van der Waals surface area contributed by atoms with Crippen molar-refractivity contribution in [3.8, 4) is 0 Å². The molecule has 2 rings (SSSR count). The Bertz CT molecular complexity index is 482. The van der Waals surface area contributed by atoms with E-state index in [4.69, 9.17) is 4.42 Å². The molecular weight excluding hydrogens is 192 g/mol. The van der Waals surface area contributed by atoms with Gasteiger partial charge >= 0.3 is 0 Å². The van der Waals surface area contributed by atoms with Crippen molar-refractivity contribution in [3.63, 3.8) is 0 Å². The lowest BCUT2D eigenvalue weighted by atomic mass is 10.1. The molecule has 15 heavy (non-hydrogen) atoms. The average Bonchev–Trinajstić information content (AvgIpc) is 2.77. The summed E-state index contributed by atoms with van der Waals surface area (Å²) in [4.78, 5) is 15.9. The number of carbonyl (C=O) groups excluding carboxylic acids is 1. The number of aromatic nitrogens is 2. The van der Waals surface area contributed by atoms with Crippen molar-refractivity contribution in [3.05, 3.63) is 41.9 Å². The van der Waals surface area contributed by atoms with Gasteiger partial charge in [-0.15, -0.1) is 0 Å². The van der Waals surface area contributed by atoms with Crippen molar-refractivity contribution >= 4 is 5.78 Å². The fourth-order valence-corrected chi connectivity index (χ4v) is 1.40. The molecule has 4 heteroatoms. The number of rotatable bonds is 3. The molecule has 0 aliphatic carbocycles. The summed E-state index contributed by atoms with van der Waals surface area (Å²) in [5.41, 5.74) is 0.607. The number of ketones is 1. The topological polar surface area (TPSA) is 48.0 Å². The van der Waals surface area contributed by atoms with Gasteiger partial charge in [0.25, 0.3) is 0 Å². The minimum Gasteiger partial charge on any atom is -0.469 e. The fourth-order valence-electron chi connectivity index (χ4n) is 1.40.